The van der Waals surface area contributed by atoms with Crippen molar-refractivity contribution in [3.05, 3.63) is 37.9 Å². The van der Waals surface area contributed by atoms with E-state index >= 15 is 0 Å². The van der Waals surface area contributed by atoms with Gasteiger partial charge in [0.05, 0.1) is 18.2 Å². The van der Waals surface area contributed by atoms with Gasteiger partial charge in [0.1, 0.15) is 5.00 Å². The summed E-state index contributed by atoms with van der Waals surface area (Å²) in [4.78, 5) is 26.6. The summed E-state index contributed by atoms with van der Waals surface area (Å²) in [6.45, 7) is 4.13. The van der Waals surface area contributed by atoms with E-state index in [1.165, 1.54) is 23.3 Å². The molecule has 2 aromatic heterocycles. The Bertz CT molecular complexity index is 888. The van der Waals surface area contributed by atoms with Gasteiger partial charge in [-0.2, -0.15) is 0 Å². The average molecular weight is 424 g/mol. The maximum Gasteiger partial charge on any atom is 0.340 e. The van der Waals surface area contributed by atoms with Crippen molar-refractivity contribution < 1.29 is 14.3 Å². The Kier molecular flexibility index (Phi) is 6.13. The third-order valence-electron chi connectivity index (χ3n) is 4.42. The lowest BCUT2D eigenvalue weighted by Gasteiger charge is -2.19. The van der Waals surface area contributed by atoms with Crippen molar-refractivity contribution >= 4 is 56.9 Å². The van der Waals surface area contributed by atoms with Crippen molar-refractivity contribution in [3.8, 4) is 0 Å². The number of hydrogen-bond donors (Lipinski definition) is 3. The van der Waals surface area contributed by atoms with Gasteiger partial charge in [-0.25, -0.2) is 4.79 Å². The number of methoxy groups -OCH3 is 1. The summed E-state index contributed by atoms with van der Waals surface area (Å²) in [7, 11) is 1.33. The number of amides is 1. The van der Waals surface area contributed by atoms with E-state index < -0.39 is 5.97 Å². The number of ether oxygens (including phenoxy) is 1. The zero-order valence-electron chi connectivity index (χ0n) is 15.3. The number of nitrogens with one attached hydrogen (secondary N) is 3. The molecule has 144 valence electrons. The molecule has 0 bridgehead atoms. The highest BCUT2D eigenvalue weighted by molar-refractivity contribution is 7.80. The normalized spacial score (nSPS) is 15.6. The van der Waals surface area contributed by atoms with Crippen LogP contribution in [-0.2, 0) is 17.6 Å². The largest absolute Gasteiger partial charge is 0.465 e. The molecule has 9 heteroatoms. The third-order valence-corrected chi connectivity index (χ3v) is 6.64. The van der Waals surface area contributed by atoms with Crippen LogP contribution >= 0.6 is 34.9 Å². The Morgan fingerprint density at radius 2 is 2.07 bits per heavy atom. The van der Waals surface area contributed by atoms with Gasteiger partial charge < -0.3 is 10.1 Å². The van der Waals surface area contributed by atoms with E-state index in [9.17, 15) is 9.59 Å². The molecule has 1 amide bonds. The minimum absolute atomic E-state index is 0.202. The van der Waals surface area contributed by atoms with Crippen LogP contribution in [0, 0.1) is 12.8 Å². The van der Waals surface area contributed by atoms with Gasteiger partial charge in [-0.3, -0.25) is 15.6 Å². The molecule has 3 rings (SSSR count). The molecular formula is C18H21N3O3S3. The molecule has 0 aromatic carbocycles. The van der Waals surface area contributed by atoms with E-state index in [-0.39, 0.29) is 11.0 Å². The number of anilines is 1. The SMILES string of the molecule is COC(=O)c1cc(C)sc1NC(=S)NNC(=O)c1csc2c1CCC(C)C2. The summed E-state index contributed by atoms with van der Waals surface area (Å²) in [6.07, 6.45) is 3.07. The van der Waals surface area contributed by atoms with Crippen LogP contribution in [0.1, 0.15) is 49.4 Å². The van der Waals surface area contributed by atoms with E-state index in [4.69, 9.17) is 17.0 Å². The monoisotopic (exact) mass is 423 g/mol. The Morgan fingerprint density at radius 3 is 2.81 bits per heavy atom. The van der Waals surface area contributed by atoms with Gasteiger partial charge in [-0.1, -0.05) is 6.92 Å². The topological polar surface area (TPSA) is 79.5 Å². The van der Waals surface area contributed by atoms with E-state index in [2.05, 4.69) is 23.1 Å². The molecule has 0 saturated heterocycles. The summed E-state index contributed by atoms with van der Waals surface area (Å²) in [6, 6.07) is 1.73. The van der Waals surface area contributed by atoms with Crippen molar-refractivity contribution in [1.29, 1.82) is 0 Å². The number of thiocarbonyl (C=S) groups is 1. The lowest BCUT2D eigenvalue weighted by molar-refractivity contribution is 0.0602. The first kappa shape index (κ1) is 19.8. The van der Waals surface area contributed by atoms with Gasteiger partial charge in [0.15, 0.2) is 5.11 Å². The van der Waals surface area contributed by atoms with Crippen molar-refractivity contribution in [2.75, 3.05) is 12.4 Å². The summed E-state index contributed by atoms with van der Waals surface area (Å²) in [5, 5.41) is 5.63. The molecule has 3 N–H and O–H groups in total. The van der Waals surface area contributed by atoms with Gasteiger partial charge in [-0.05, 0) is 56.0 Å². The molecule has 1 aliphatic rings. The van der Waals surface area contributed by atoms with Crippen molar-refractivity contribution in [2.45, 2.75) is 33.1 Å². The molecule has 0 spiro atoms. The van der Waals surface area contributed by atoms with Gasteiger partial charge in [0, 0.05) is 15.1 Å². The lowest BCUT2D eigenvalue weighted by Crippen LogP contribution is -2.44. The number of hydrazine groups is 1. The van der Waals surface area contributed by atoms with Gasteiger partial charge in [0.2, 0.25) is 0 Å². The highest BCUT2D eigenvalue weighted by Gasteiger charge is 2.23. The number of thiophene rings is 2. The number of carbonyl (C=O) groups excluding carboxylic acids is 2. The average Bonchev–Trinajstić information content (AvgIpc) is 3.21. The highest BCUT2D eigenvalue weighted by Crippen LogP contribution is 2.32. The first-order valence-electron chi connectivity index (χ1n) is 8.54. The second-order valence-electron chi connectivity index (χ2n) is 6.52. The minimum Gasteiger partial charge on any atom is -0.465 e. The Hall–Kier alpha value is -1.97. The van der Waals surface area contributed by atoms with Crippen LogP contribution in [-0.4, -0.2) is 24.1 Å². The zero-order chi connectivity index (χ0) is 19.6. The van der Waals surface area contributed by atoms with E-state index in [1.807, 2.05) is 12.3 Å². The van der Waals surface area contributed by atoms with Gasteiger partial charge >= 0.3 is 5.97 Å². The molecule has 0 saturated carbocycles. The number of aryl methyl sites for hydroxylation is 1. The first-order valence-corrected chi connectivity index (χ1v) is 10.6. The molecule has 1 atom stereocenters. The zero-order valence-corrected chi connectivity index (χ0v) is 17.8. The molecular weight excluding hydrogens is 402 g/mol. The van der Waals surface area contributed by atoms with Crippen molar-refractivity contribution in [1.82, 2.24) is 10.9 Å². The quantitative estimate of drug-likeness (QED) is 0.397. The van der Waals surface area contributed by atoms with Gasteiger partial charge in [0.25, 0.3) is 5.91 Å². The Morgan fingerprint density at radius 1 is 1.30 bits per heavy atom. The van der Waals surface area contributed by atoms with Crippen LogP contribution in [0.4, 0.5) is 5.00 Å². The van der Waals surface area contributed by atoms with Gasteiger partial charge in [-0.15, -0.1) is 22.7 Å². The Labute approximate surface area is 171 Å². The lowest BCUT2D eigenvalue weighted by atomic mass is 9.88. The minimum atomic E-state index is -0.437. The fraction of sp³-hybridized carbons (Fsp3) is 0.389. The summed E-state index contributed by atoms with van der Waals surface area (Å²) < 4.78 is 4.77. The summed E-state index contributed by atoms with van der Waals surface area (Å²) >= 11 is 8.26. The number of hydrogen-bond acceptors (Lipinski definition) is 6. The highest BCUT2D eigenvalue weighted by atomic mass is 32.1. The number of rotatable bonds is 3. The van der Waals surface area contributed by atoms with E-state index in [0.717, 1.165) is 29.7 Å². The van der Waals surface area contributed by atoms with Crippen LogP contribution in [0.3, 0.4) is 0 Å². The van der Waals surface area contributed by atoms with E-state index in [0.29, 0.717) is 22.0 Å². The molecule has 0 aliphatic heterocycles. The smallest absolute Gasteiger partial charge is 0.340 e. The summed E-state index contributed by atoms with van der Waals surface area (Å²) in [5.74, 6) is 0.0230. The number of fused-ring (bicyclic) bond motifs is 1. The maximum atomic E-state index is 12.5. The summed E-state index contributed by atoms with van der Waals surface area (Å²) in [5.41, 5.74) is 7.62. The third kappa shape index (κ3) is 4.48. The standard InChI is InChI=1S/C18H21N3O3S3/c1-9-4-5-11-13(8-26-14(11)6-9)15(22)20-21-18(25)19-16-12(17(23)24-3)7-10(2)27-16/h7-9H,4-6H2,1-3H3,(H,20,22)(H2,19,21,25). The predicted octanol–water partition coefficient (Wildman–Crippen LogP) is 3.66. The van der Waals surface area contributed by atoms with Crippen LogP contribution in [0.5, 0.6) is 0 Å². The second-order valence-corrected chi connectivity index (χ2v) is 9.15. The molecule has 0 fully saturated rings. The number of carbonyl (C=O) groups is 2. The molecule has 6 nitrogen and oxygen atoms in total. The fourth-order valence-electron chi connectivity index (χ4n) is 3.05. The predicted molar refractivity (Wildman–Crippen MR) is 113 cm³/mol. The van der Waals surface area contributed by atoms with Crippen LogP contribution in [0.2, 0.25) is 0 Å². The first-order chi connectivity index (χ1) is 12.9. The van der Waals surface area contributed by atoms with Crippen molar-refractivity contribution in [2.24, 2.45) is 5.92 Å². The molecule has 1 aliphatic carbocycles. The molecule has 2 heterocycles. The molecule has 27 heavy (non-hydrogen) atoms. The van der Waals surface area contributed by atoms with E-state index in [1.54, 1.807) is 17.4 Å². The Balaban J connectivity index is 1.60. The van der Waals surface area contributed by atoms with Crippen LogP contribution in [0.15, 0.2) is 11.4 Å². The maximum absolute atomic E-state index is 12.5. The molecule has 2 aromatic rings. The molecule has 1 unspecified atom stereocenters. The fourth-order valence-corrected chi connectivity index (χ4v) is 5.42. The van der Waals surface area contributed by atoms with Crippen LogP contribution < -0.4 is 16.2 Å². The second kappa shape index (κ2) is 8.37. The number of esters is 1. The van der Waals surface area contributed by atoms with Crippen molar-refractivity contribution in [3.63, 3.8) is 0 Å². The van der Waals surface area contributed by atoms with Crippen LogP contribution in [0.25, 0.3) is 0 Å². The molecule has 0 radical (unpaired) electrons.